The number of azide groups is 1. The zero-order chi connectivity index (χ0) is 12.2. The molecule has 0 bridgehead atoms. The van der Waals surface area contributed by atoms with Crippen molar-refractivity contribution in [3.8, 4) is 0 Å². The lowest BCUT2D eigenvalue weighted by Crippen LogP contribution is -2.06. The Hall–Kier alpha value is -1.39. The van der Waals surface area contributed by atoms with Crippen LogP contribution in [-0.4, -0.2) is 6.54 Å². The molecule has 0 saturated carbocycles. The van der Waals surface area contributed by atoms with E-state index in [2.05, 4.69) is 10.0 Å². The van der Waals surface area contributed by atoms with Crippen LogP contribution >= 0.6 is 11.6 Å². The summed E-state index contributed by atoms with van der Waals surface area (Å²) in [6, 6.07) is 3.63. The number of benzene rings is 1. The van der Waals surface area contributed by atoms with Crippen molar-refractivity contribution >= 4 is 11.6 Å². The molecule has 1 rings (SSSR count). The minimum atomic E-state index is -4.47. The number of nitrogens with zero attached hydrogens (tertiary/aromatic N) is 3. The van der Waals surface area contributed by atoms with E-state index in [0.717, 1.165) is 6.07 Å². The molecule has 0 heterocycles. The second-order valence-electron chi connectivity index (χ2n) is 3.02. The third-order valence-corrected chi connectivity index (χ3v) is 2.23. The number of alkyl halides is 3. The number of hydrogen-bond acceptors (Lipinski definition) is 1. The van der Waals surface area contributed by atoms with Gasteiger partial charge < -0.3 is 0 Å². The molecule has 0 N–H and O–H groups in total. The maximum Gasteiger partial charge on any atom is 0.417 e. The molecule has 0 aliphatic heterocycles. The molecule has 16 heavy (non-hydrogen) atoms. The van der Waals surface area contributed by atoms with E-state index in [1.165, 1.54) is 12.1 Å². The van der Waals surface area contributed by atoms with Crippen molar-refractivity contribution in [2.24, 2.45) is 5.11 Å². The minimum Gasteiger partial charge on any atom is -0.166 e. The summed E-state index contributed by atoms with van der Waals surface area (Å²) in [7, 11) is 0. The van der Waals surface area contributed by atoms with E-state index in [1.807, 2.05) is 0 Å². The third-order valence-electron chi connectivity index (χ3n) is 1.90. The number of hydrogen-bond donors (Lipinski definition) is 0. The van der Waals surface area contributed by atoms with Crippen molar-refractivity contribution < 1.29 is 13.2 Å². The summed E-state index contributed by atoms with van der Waals surface area (Å²) in [5.74, 6) is 0. The van der Waals surface area contributed by atoms with Gasteiger partial charge in [0, 0.05) is 11.5 Å². The zero-order valence-electron chi connectivity index (χ0n) is 8.00. The van der Waals surface area contributed by atoms with Gasteiger partial charge in [0.2, 0.25) is 0 Å². The van der Waals surface area contributed by atoms with Crippen LogP contribution in [0.1, 0.15) is 11.1 Å². The highest BCUT2D eigenvalue weighted by Crippen LogP contribution is 2.35. The summed E-state index contributed by atoms with van der Waals surface area (Å²) < 4.78 is 37.4. The predicted molar refractivity (Wildman–Crippen MR) is 54.2 cm³/mol. The van der Waals surface area contributed by atoms with Gasteiger partial charge in [-0.1, -0.05) is 22.8 Å². The van der Waals surface area contributed by atoms with Crippen molar-refractivity contribution in [2.45, 2.75) is 12.6 Å². The van der Waals surface area contributed by atoms with E-state index in [4.69, 9.17) is 17.1 Å². The van der Waals surface area contributed by atoms with Gasteiger partial charge in [0.1, 0.15) is 0 Å². The molecule has 0 saturated heterocycles. The quantitative estimate of drug-likeness (QED) is 0.438. The highest BCUT2D eigenvalue weighted by atomic mass is 35.5. The zero-order valence-corrected chi connectivity index (χ0v) is 8.76. The molecule has 0 atom stereocenters. The van der Waals surface area contributed by atoms with Gasteiger partial charge in [-0.15, -0.1) is 0 Å². The smallest absolute Gasteiger partial charge is 0.166 e. The van der Waals surface area contributed by atoms with Crippen LogP contribution in [0.4, 0.5) is 13.2 Å². The Kier molecular flexibility index (Phi) is 4.04. The highest BCUT2D eigenvalue weighted by Gasteiger charge is 2.33. The maximum absolute atomic E-state index is 12.5. The van der Waals surface area contributed by atoms with E-state index in [-0.39, 0.29) is 18.0 Å². The Morgan fingerprint density at radius 3 is 2.62 bits per heavy atom. The lowest BCUT2D eigenvalue weighted by atomic mass is 10.1. The van der Waals surface area contributed by atoms with Crippen LogP contribution in [0.5, 0.6) is 0 Å². The molecule has 0 unspecified atom stereocenters. The van der Waals surface area contributed by atoms with Gasteiger partial charge in [0.15, 0.2) is 0 Å². The first-order chi connectivity index (χ1) is 7.45. The molecule has 0 spiro atoms. The fraction of sp³-hybridized carbons (Fsp3) is 0.333. The second kappa shape index (κ2) is 5.09. The molecular weight excluding hydrogens is 243 g/mol. The van der Waals surface area contributed by atoms with Crippen molar-refractivity contribution in [3.05, 3.63) is 44.8 Å². The molecule has 7 heteroatoms. The van der Waals surface area contributed by atoms with E-state index in [1.54, 1.807) is 0 Å². The van der Waals surface area contributed by atoms with Crippen LogP contribution in [0.2, 0.25) is 5.02 Å². The average Bonchev–Trinajstić information content (AvgIpc) is 2.19. The molecule has 0 aliphatic carbocycles. The molecular formula is C9H7ClF3N3. The van der Waals surface area contributed by atoms with Crippen LogP contribution in [-0.2, 0) is 12.6 Å². The maximum atomic E-state index is 12.5. The largest absolute Gasteiger partial charge is 0.417 e. The minimum absolute atomic E-state index is 0.120. The average molecular weight is 250 g/mol. The predicted octanol–water partition coefficient (Wildman–Crippen LogP) is 4.21. The van der Waals surface area contributed by atoms with Gasteiger partial charge in [0.25, 0.3) is 0 Å². The van der Waals surface area contributed by atoms with Crippen molar-refractivity contribution in [1.82, 2.24) is 0 Å². The molecule has 0 radical (unpaired) electrons. The molecule has 86 valence electrons. The Morgan fingerprint density at radius 1 is 1.38 bits per heavy atom. The molecule has 0 amide bonds. The van der Waals surface area contributed by atoms with Gasteiger partial charge in [-0.05, 0) is 29.6 Å². The van der Waals surface area contributed by atoms with Crippen molar-refractivity contribution in [3.63, 3.8) is 0 Å². The lowest BCUT2D eigenvalue weighted by Gasteiger charge is -2.10. The normalized spacial score (nSPS) is 11.0. The van der Waals surface area contributed by atoms with Crippen LogP contribution in [0.3, 0.4) is 0 Å². The Labute approximate surface area is 94.5 Å². The van der Waals surface area contributed by atoms with E-state index in [0.29, 0.717) is 5.56 Å². The first-order valence-corrected chi connectivity index (χ1v) is 4.69. The molecule has 0 aliphatic rings. The van der Waals surface area contributed by atoms with Gasteiger partial charge in [-0.25, -0.2) is 0 Å². The monoisotopic (exact) mass is 249 g/mol. The Morgan fingerprint density at radius 2 is 2.06 bits per heavy atom. The summed E-state index contributed by atoms with van der Waals surface area (Å²) >= 11 is 5.44. The summed E-state index contributed by atoms with van der Waals surface area (Å²) in [5.41, 5.74) is 7.60. The topological polar surface area (TPSA) is 48.8 Å². The summed E-state index contributed by atoms with van der Waals surface area (Å²) in [4.78, 5) is 2.52. The lowest BCUT2D eigenvalue weighted by molar-refractivity contribution is -0.137. The molecule has 0 aromatic heterocycles. The number of halogens is 4. The first kappa shape index (κ1) is 12.7. The van der Waals surface area contributed by atoms with Gasteiger partial charge in [0.05, 0.1) is 10.6 Å². The second-order valence-corrected chi connectivity index (χ2v) is 3.42. The highest BCUT2D eigenvalue weighted by molar-refractivity contribution is 6.31. The molecule has 0 fully saturated rings. The summed E-state index contributed by atoms with van der Waals surface area (Å²) in [5, 5.41) is 2.91. The standard InChI is InChI=1S/C9H7ClF3N3/c10-8-2-1-6(3-4-15-16-14)5-7(8)9(11,12)13/h1-2,5H,3-4H2. The molecule has 1 aromatic carbocycles. The fourth-order valence-electron chi connectivity index (χ4n) is 1.17. The first-order valence-electron chi connectivity index (χ1n) is 4.31. The Bertz CT molecular complexity index is 424. The van der Waals surface area contributed by atoms with Gasteiger partial charge in [-0.2, -0.15) is 13.2 Å². The Balaban J connectivity index is 2.94. The summed E-state index contributed by atoms with van der Waals surface area (Å²) in [6.07, 6.45) is -4.21. The fourth-order valence-corrected chi connectivity index (χ4v) is 1.39. The van der Waals surface area contributed by atoms with Gasteiger partial charge in [-0.3, -0.25) is 0 Å². The van der Waals surface area contributed by atoms with E-state index in [9.17, 15) is 13.2 Å². The van der Waals surface area contributed by atoms with E-state index < -0.39 is 11.7 Å². The van der Waals surface area contributed by atoms with Crippen LogP contribution in [0.15, 0.2) is 23.3 Å². The van der Waals surface area contributed by atoms with Crippen molar-refractivity contribution in [2.75, 3.05) is 6.54 Å². The summed E-state index contributed by atoms with van der Waals surface area (Å²) in [6.45, 7) is 0.120. The third kappa shape index (κ3) is 3.32. The van der Waals surface area contributed by atoms with Crippen molar-refractivity contribution in [1.29, 1.82) is 0 Å². The number of rotatable bonds is 3. The van der Waals surface area contributed by atoms with Crippen LogP contribution < -0.4 is 0 Å². The molecule has 3 nitrogen and oxygen atoms in total. The van der Waals surface area contributed by atoms with Gasteiger partial charge >= 0.3 is 6.18 Å². The van der Waals surface area contributed by atoms with E-state index >= 15 is 0 Å². The van der Waals surface area contributed by atoms with Crippen LogP contribution in [0.25, 0.3) is 10.4 Å². The van der Waals surface area contributed by atoms with Crippen LogP contribution in [0, 0.1) is 0 Å². The molecule has 1 aromatic rings. The SMILES string of the molecule is [N-]=[N+]=NCCc1ccc(Cl)c(C(F)(F)F)c1.